The summed E-state index contributed by atoms with van der Waals surface area (Å²) in [6.07, 6.45) is 1.66. The number of rotatable bonds is 8. The van der Waals surface area contributed by atoms with E-state index in [4.69, 9.17) is 21.7 Å². The Labute approximate surface area is 171 Å². The first-order valence-corrected chi connectivity index (χ1v) is 9.96. The van der Waals surface area contributed by atoms with Crippen LogP contribution in [0.3, 0.4) is 0 Å². The molecule has 1 aromatic carbocycles. The number of carbonyl (C=O) groups is 1. The number of thiazole rings is 1. The predicted octanol–water partition coefficient (Wildman–Crippen LogP) is 3.67. The maximum absolute atomic E-state index is 12.5. The van der Waals surface area contributed by atoms with E-state index in [0.717, 1.165) is 24.2 Å². The van der Waals surface area contributed by atoms with Crippen LogP contribution >= 0.6 is 23.6 Å². The lowest BCUT2D eigenvalue weighted by molar-refractivity contribution is -0.116. The van der Waals surface area contributed by atoms with Gasteiger partial charge in [0, 0.05) is 17.4 Å². The summed E-state index contributed by atoms with van der Waals surface area (Å²) in [6, 6.07) is 5.49. The van der Waals surface area contributed by atoms with Crippen LogP contribution < -0.4 is 14.8 Å². The van der Waals surface area contributed by atoms with Crippen LogP contribution in [-0.2, 0) is 17.8 Å². The third-order valence-corrected chi connectivity index (χ3v) is 5.12. The zero-order chi connectivity index (χ0) is 20.1. The van der Waals surface area contributed by atoms with Gasteiger partial charge in [-0.05, 0) is 36.8 Å². The molecule has 0 fully saturated rings. The summed E-state index contributed by atoms with van der Waals surface area (Å²) in [5.41, 5.74) is 1.49. The second-order valence-corrected chi connectivity index (χ2v) is 7.18. The Hall–Kier alpha value is -2.72. The highest BCUT2D eigenvalue weighted by Gasteiger charge is 2.14. The Bertz CT molecular complexity index is 1020. The summed E-state index contributed by atoms with van der Waals surface area (Å²) in [6.45, 7) is 2.13. The quantitative estimate of drug-likeness (QED) is 0.541. The van der Waals surface area contributed by atoms with Gasteiger partial charge in [-0.1, -0.05) is 6.92 Å². The molecule has 148 valence electrons. The summed E-state index contributed by atoms with van der Waals surface area (Å²) in [7, 11) is 3.20. The Morgan fingerprint density at radius 1 is 1.36 bits per heavy atom. The van der Waals surface area contributed by atoms with Crippen LogP contribution in [0, 0.1) is 4.77 Å². The molecule has 0 unspecified atom stereocenters. The average Bonchev–Trinajstić information content (AvgIpc) is 3.29. The Morgan fingerprint density at radius 3 is 2.89 bits per heavy atom. The number of H-pyrrole nitrogens is 1. The van der Waals surface area contributed by atoms with E-state index >= 15 is 0 Å². The molecule has 3 rings (SSSR count). The maximum atomic E-state index is 12.5. The van der Waals surface area contributed by atoms with Crippen molar-refractivity contribution in [2.24, 2.45) is 0 Å². The van der Waals surface area contributed by atoms with Gasteiger partial charge in [-0.2, -0.15) is 5.10 Å². The van der Waals surface area contributed by atoms with E-state index in [1.807, 2.05) is 30.5 Å². The number of nitrogens with one attached hydrogen (secondary N) is 2. The highest BCUT2D eigenvalue weighted by atomic mass is 32.1. The molecule has 0 atom stereocenters. The lowest BCUT2D eigenvalue weighted by atomic mass is 10.1. The van der Waals surface area contributed by atoms with Crippen LogP contribution in [0.15, 0.2) is 23.6 Å². The first-order valence-electron chi connectivity index (χ1n) is 8.67. The fourth-order valence-electron chi connectivity index (χ4n) is 2.70. The van der Waals surface area contributed by atoms with Crippen LogP contribution in [-0.4, -0.2) is 39.9 Å². The number of aromatic amines is 1. The summed E-state index contributed by atoms with van der Waals surface area (Å²) < 4.78 is 12.8. The second-order valence-electron chi connectivity index (χ2n) is 5.93. The molecule has 0 saturated carbocycles. The molecule has 3 aromatic rings. The molecule has 0 aliphatic rings. The molecule has 2 aromatic heterocycles. The number of hydrogen-bond donors (Lipinski definition) is 2. The van der Waals surface area contributed by atoms with Gasteiger partial charge in [0.2, 0.25) is 5.91 Å². The molecule has 10 heteroatoms. The van der Waals surface area contributed by atoms with Crippen molar-refractivity contribution < 1.29 is 14.3 Å². The number of ether oxygens (including phenoxy) is 2. The molecule has 0 saturated heterocycles. The van der Waals surface area contributed by atoms with E-state index in [2.05, 4.69) is 20.5 Å². The zero-order valence-electron chi connectivity index (χ0n) is 15.8. The molecule has 8 nitrogen and oxygen atoms in total. The van der Waals surface area contributed by atoms with E-state index in [9.17, 15) is 4.79 Å². The van der Waals surface area contributed by atoms with Crippen molar-refractivity contribution in [2.45, 2.75) is 26.3 Å². The van der Waals surface area contributed by atoms with Gasteiger partial charge in [0.25, 0.3) is 0 Å². The number of carbonyl (C=O) groups excluding carboxylic acids is 1. The van der Waals surface area contributed by atoms with Crippen molar-refractivity contribution in [3.05, 3.63) is 34.2 Å². The number of amides is 1. The fourth-order valence-corrected chi connectivity index (χ4v) is 3.64. The summed E-state index contributed by atoms with van der Waals surface area (Å²) >= 11 is 6.55. The van der Waals surface area contributed by atoms with Crippen molar-refractivity contribution in [3.63, 3.8) is 0 Å². The number of hydrogen-bond acceptors (Lipinski definition) is 7. The van der Waals surface area contributed by atoms with Gasteiger partial charge in [0.15, 0.2) is 9.90 Å². The van der Waals surface area contributed by atoms with Crippen molar-refractivity contribution in [3.8, 4) is 22.8 Å². The molecule has 28 heavy (non-hydrogen) atoms. The number of aryl methyl sites for hydroxylation is 1. The number of nitrogens with zero attached hydrogens (tertiary/aromatic N) is 3. The van der Waals surface area contributed by atoms with Crippen LogP contribution in [0.2, 0.25) is 0 Å². The molecule has 1 amide bonds. The molecule has 0 aliphatic carbocycles. The molecule has 0 radical (unpaired) electrons. The van der Waals surface area contributed by atoms with Crippen LogP contribution in [0.5, 0.6) is 11.5 Å². The highest BCUT2D eigenvalue weighted by Crippen LogP contribution is 2.35. The number of aromatic nitrogens is 4. The molecule has 2 heterocycles. The normalized spacial score (nSPS) is 10.7. The summed E-state index contributed by atoms with van der Waals surface area (Å²) in [4.78, 5) is 17.0. The standard InChI is InChI=1S/C18H21N5O3S2/c1-4-5-15-21-22-18(27)23(15)9-16(24)20-17-19-13(10-28-17)12-8-11(25-2)6-7-14(12)26-3/h6-8,10H,4-5,9H2,1-3H3,(H,22,27)(H,19,20,24). The number of methoxy groups -OCH3 is 2. The van der Waals surface area contributed by atoms with Crippen molar-refractivity contribution in [1.29, 1.82) is 0 Å². The van der Waals surface area contributed by atoms with Gasteiger partial charge < -0.3 is 14.8 Å². The lowest BCUT2D eigenvalue weighted by Crippen LogP contribution is -2.20. The van der Waals surface area contributed by atoms with Gasteiger partial charge in [-0.25, -0.2) is 4.98 Å². The van der Waals surface area contributed by atoms with E-state index in [-0.39, 0.29) is 12.5 Å². The Balaban J connectivity index is 1.76. The van der Waals surface area contributed by atoms with E-state index in [0.29, 0.717) is 27.1 Å². The van der Waals surface area contributed by atoms with Gasteiger partial charge in [-0.3, -0.25) is 14.5 Å². The van der Waals surface area contributed by atoms with Crippen LogP contribution in [0.1, 0.15) is 19.2 Å². The van der Waals surface area contributed by atoms with E-state index in [1.54, 1.807) is 18.8 Å². The minimum atomic E-state index is -0.214. The summed E-state index contributed by atoms with van der Waals surface area (Å²) in [5, 5.41) is 12.1. The molecule has 0 bridgehead atoms. The average molecular weight is 420 g/mol. The first-order chi connectivity index (χ1) is 13.5. The third kappa shape index (κ3) is 4.39. The zero-order valence-corrected chi connectivity index (χ0v) is 17.4. The van der Waals surface area contributed by atoms with Crippen molar-refractivity contribution in [2.75, 3.05) is 19.5 Å². The Kier molecular flexibility index (Phi) is 6.42. The smallest absolute Gasteiger partial charge is 0.246 e. The van der Waals surface area contributed by atoms with Crippen molar-refractivity contribution in [1.82, 2.24) is 19.7 Å². The number of benzene rings is 1. The van der Waals surface area contributed by atoms with Gasteiger partial charge >= 0.3 is 0 Å². The minimum Gasteiger partial charge on any atom is -0.497 e. The highest BCUT2D eigenvalue weighted by molar-refractivity contribution is 7.71. The Morgan fingerprint density at radius 2 is 2.18 bits per heavy atom. The third-order valence-electron chi connectivity index (χ3n) is 4.05. The topological polar surface area (TPSA) is 94.1 Å². The van der Waals surface area contributed by atoms with E-state index in [1.165, 1.54) is 11.3 Å². The maximum Gasteiger partial charge on any atom is 0.246 e. The second kappa shape index (κ2) is 8.98. The van der Waals surface area contributed by atoms with Gasteiger partial charge in [-0.15, -0.1) is 11.3 Å². The largest absolute Gasteiger partial charge is 0.497 e. The fraction of sp³-hybridized carbons (Fsp3) is 0.333. The molecular weight excluding hydrogens is 398 g/mol. The van der Waals surface area contributed by atoms with Crippen LogP contribution in [0.4, 0.5) is 5.13 Å². The van der Waals surface area contributed by atoms with Gasteiger partial charge in [0.1, 0.15) is 23.9 Å². The lowest BCUT2D eigenvalue weighted by Gasteiger charge is -2.08. The van der Waals surface area contributed by atoms with Crippen LogP contribution in [0.25, 0.3) is 11.3 Å². The molecule has 0 spiro atoms. The summed E-state index contributed by atoms with van der Waals surface area (Å²) in [5.74, 6) is 1.93. The monoisotopic (exact) mass is 419 g/mol. The first kappa shape index (κ1) is 20.0. The SMILES string of the molecule is CCCc1n[nH]c(=S)n1CC(=O)Nc1nc(-c2cc(OC)ccc2OC)cs1. The predicted molar refractivity (Wildman–Crippen MR) is 111 cm³/mol. The van der Waals surface area contributed by atoms with Gasteiger partial charge in [0.05, 0.1) is 19.9 Å². The molecule has 2 N–H and O–H groups in total. The van der Waals surface area contributed by atoms with Crippen molar-refractivity contribution >= 4 is 34.6 Å². The number of anilines is 1. The molecular formula is C18H21N5O3S2. The molecule has 0 aliphatic heterocycles. The minimum absolute atomic E-state index is 0.0854. The van der Waals surface area contributed by atoms with E-state index < -0.39 is 0 Å².